The fraction of sp³-hybridized carbons (Fsp3) is 0.158. The lowest BCUT2D eigenvalue weighted by molar-refractivity contribution is -0.150. The summed E-state index contributed by atoms with van der Waals surface area (Å²) in [6.45, 7) is 1.92. The van der Waals surface area contributed by atoms with Gasteiger partial charge in [-0.05, 0) is 30.2 Å². The second-order valence-electron chi connectivity index (χ2n) is 5.14. The van der Waals surface area contributed by atoms with E-state index in [1.807, 2.05) is 36.4 Å². The van der Waals surface area contributed by atoms with Gasteiger partial charge in [-0.25, -0.2) is 4.79 Å². The molecule has 5 heteroatoms. The monoisotopic (exact) mass is 343 g/mol. The maximum absolute atomic E-state index is 11.9. The zero-order valence-corrected chi connectivity index (χ0v) is 14.0. The summed E-state index contributed by atoms with van der Waals surface area (Å²) < 4.78 is 5.08. The van der Waals surface area contributed by atoms with Gasteiger partial charge in [-0.1, -0.05) is 60.1 Å². The van der Waals surface area contributed by atoms with Crippen molar-refractivity contribution in [3.8, 4) is 0 Å². The number of ether oxygens (including phenoxy) is 1. The number of hydrogen-bond donors (Lipinski definition) is 1. The molecule has 0 aliphatic rings. The number of carbonyl (C=O) groups is 2. The zero-order chi connectivity index (χ0) is 17.4. The molecule has 24 heavy (non-hydrogen) atoms. The van der Waals surface area contributed by atoms with Crippen molar-refractivity contribution in [2.24, 2.45) is 0 Å². The van der Waals surface area contributed by atoms with E-state index in [0.29, 0.717) is 17.1 Å². The SMILES string of the molecule is C[C@H](OC(=O)/C=C/c1ccccc1Cl)C(=O)NCc1ccccc1. The largest absolute Gasteiger partial charge is 0.449 e. The van der Waals surface area contributed by atoms with Crippen LogP contribution in [0.1, 0.15) is 18.1 Å². The van der Waals surface area contributed by atoms with Gasteiger partial charge in [0.15, 0.2) is 6.10 Å². The molecule has 1 atom stereocenters. The first-order chi connectivity index (χ1) is 11.6. The molecule has 0 spiro atoms. The molecule has 1 N–H and O–H groups in total. The molecule has 0 unspecified atom stereocenters. The van der Waals surface area contributed by atoms with Gasteiger partial charge in [0.05, 0.1) is 0 Å². The Hall–Kier alpha value is -2.59. The first-order valence-corrected chi connectivity index (χ1v) is 7.89. The average Bonchev–Trinajstić information content (AvgIpc) is 2.59. The summed E-state index contributed by atoms with van der Waals surface area (Å²) in [5, 5.41) is 3.26. The molecule has 0 saturated carbocycles. The number of carbonyl (C=O) groups excluding carboxylic acids is 2. The van der Waals surface area contributed by atoms with E-state index in [4.69, 9.17) is 16.3 Å². The van der Waals surface area contributed by atoms with E-state index in [2.05, 4.69) is 5.32 Å². The zero-order valence-electron chi connectivity index (χ0n) is 13.2. The van der Waals surface area contributed by atoms with Crippen LogP contribution in [0.5, 0.6) is 0 Å². The van der Waals surface area contributed by atoms with Crippen LogP contribution in [-0.4, -0.2) is 18.0 Å². The van der Waals surface area contributed by atoms with E-state index in [9.17, 15) is 9.59 Å². The van der Waals surface area contributed by atoms with Gasteiger partial charge in [0, 0.05) is 17.6 Å². The smallest absolute Gasteiger partial charge is 0.331 e. The number of benzene rings is 2. The van der Waals surface area contributed by atoms with Crippen LogP contribution in [0.15, 0.2) is 60.7 Å². The van der Waals surface area contributed by atoms with Crippen LogP contribution in [0.3, 0.4) is 0 Å². The van der Waals surface area contributed by atoms with Crippen molar-refractivity contribution in [1.29, 1.82) is 0 Å². The Morgan fingerprint density at radius 1 is 1.12 bits per heavy atom. The maximum Gasteiger partial charge on any atom is 0.331 e. The van der Waals surface area contributed by atoms with Crippen molar-refractivity contribution in [1.82, 2.24) is 5.32 Å². The topological polar surface area (TPSA) is 55.4 Å². The second kappa shape index (κ2) is 8.89. The van der Waals surface area contributed by atoms with Gasteiger partial charge < -0.3 is 10.1 Å². The Bertz CT molecular complexity index is 728. The van der Waals surface area contributed by atoms with E-state index < -0.39 is 12.1 Å². The van der Waals surface area contributed by atoms with Crippen molar-refractivity contribution in [2.45, 2.75) is 19.6 Å². The lowest BCUT2D eigenvalue weighted by Crippen LogP contribution is -2.35. The molecule has 2 aromatic carbocycles. The number of nitrogens with one attached hydrogen (secondary N) is 1. The van der Waals surface area contributed by atoms with Crippen molar-refractivity contribution >= 4 is 29.6 Å². The molecule has 0 aliphatic carbocycles. The molecule has 0 heterocycles. The molecule has 4 nitrogen and oxygen atoms in total. The highest BCUT2D eigenvalue weighted by Gasteiger charge is 2.16. The summed E-state index contributed by atoms with van der Waals surface area (Å²) in [5.74, 6) is -0.948. The molecule has 0 aliphatic heterocycles. The first kappa shape index (κ1) is 17.8. The number of amides is 1. The first-order valence-electron chi connectivity index (χ1n) is 7.51. The summed E-state index contributed by atoms with van der Waals surface area (Å²) in [6, 6.07) is 16.6. The summed E-state index contributed by atoms with van der Waals surface area (Å²) in [6.07, 6.45) is 1.93. The summed E-state index contributed by atoms with van der Waals surface area (Å²) >= 11 is 6.00. The molecule has 0 fully saturated rings. The van der Waals surface area contributed by atoms with Gasteiger partial charge in [0.1, 0.15) is 0 Å². The van der Waals surface area contributed by atoms with Gasteiger partial charge in [-0.3, -0.25) is 4.79 Å². The fourth-order valence-electron chi connectivity index (χ4n) is 1.96. The van der Waals surface area contributed by atoms with Crippen LogP contribution in [0, 0.1) is 0 Å². The fourth-order valence-corrected chi connectivity index (χ4v) is 2.16. The highest BCUT2D eigenvalue weighted by molar-refractivity contribution is 6.32. The third-order valence-electron chi connectivity index (χ3n) is 3.28. The lowest BCUT2D eigenvalue weighted by Gasteiger charge is -2.12. The van der Waals surface area contributed by atoms with Crippen molar-refractivity contribution in [3.05, 3.63) is 76.8 Å². The summed E-state index contributed by atoms with van der Waals surface area (Å²) in [4.78, 5) is 23.7. The standard InChI is InChI=1S/C19H18ClNO3/c1-14(19(23)21-13-15-7-3-2-4-8-15)24-18(22)12-11-16-9-5-6-10-17(16)20/h2-12,14H,13H2,1H3,(H,21,23)/b12-11+/t14-/m0/s1. The third kappa shape index (κ3) is 5.56. The number of rotatable bonds is 6. The molecule has 2 aromatic rings. The Kier molecular flexibility index (Phi) is 6.58. The Balaban J connectivity index is 1.82. The minimum absolute atomic E-state index is 0.349. The average molecular weight is 344 g/mol. The van der Waals surface area contributed by atoms with Crippen molar-refractivity contribution in [2.75, 3.05) is 0 Å². The van der Waals surface area contributed by atoms with E-state index in [0.717, 1.165) is 5.56 Å². The van der Waals surface area contributed by atoms with Crippen LogP contribution in [0.2, 0.25) is 5.02 Å². The van der Waals surface area contributed by atoms with Gasteiger partial charge in [0.25, 0.3) is 5.91 Å². The maximum atomic E-state index is 11.9. The minimum atomic E-state index is -0.878. The van der Waals surface area contributed by atoms with E-state index in [-0.39, 0.29) is 5.91 Å². The predicted octanol–water partition coefficient (Wildman–Crippen LogP) is 3.60. The van der Waals surface area contributed by atoms with E-state index in [1.165, 1.54) is 13.0 Å². The summed E-state index contributed by atoms with van der Waals surface area (Å²) in [7, 11) is 0. The molecular weight excluding hydrogens is 326 g/mol. The lowest BCUT2D eigenvalue weighted by atomic mass is 10.2. The highest BCUT2D eigenvalue weighted by Crippen LogP contribution is 2.16. The van der Waals surface area contributed by atoms with Crippen LogP contribution in [0.4, 0.5) is 0 Å². The number of hydrogen-bond acceptors (Lipinski definition) is 3. The van der Waals surface area contributed by atoms with Crippen LogP contribution in [0.25, 0.3) is 6.08 Å². The molecular formula is C19H18ClNO3. The van der Waals surface area contributed by atoms with Crippen LogP contribution >= 0.6 is 11.6 Å². The van der Waals surface area contributed by atoms with Crippen molar-refractivity contribution in [3.63, 3.8) is 0 Å². The quantitative estimate of drug-likeness (QED) is 0.644. The summed E-state index contributed by atoms with van der Waals surface area (Å²) in [5.41, 5.74) is 1.68. The van der Waals surface area contributed by atoms with Crippen molar-refractivity contribution < 1.29 is 14.3 Å². The molecule has 0 radical (unpaired) electrons. The second-order valence-corrected chi connectivity index (χ2v) is 5.54. The Morgan fingerprint density at radius 2 is 1.79 bits per heavy atom. The van der Waals surface area contributed by atoms with Gasteiger partial charge in [-0.15, -0.1) is 0 Å². The molecule has 0 bridgehead atoms. The molecule has 1 amide bonds. The molecule has 2 rings (SSSR count). The minimum Gasteiger partial charge on any atom is -0.449 e. The van der Waals surface area contributed by atoms with Crippen LogP contribution in [-0.2, 0) is 20.9 Å². The Labute approximate surface area is 146 Å². The predicted molar refractivity (Wildman–Crippen MR) is 94.3 cm³/mol. The highest BCUT2D eigenvalue weighted by atomic mass is 35.5. The van der Waals surface area contributed by atoms with Gasteiger partial charge in [0.2, 0.25) is 0 Å². The Morgan fingerprint density at radius 3 is 2.50 bits per heavy atom. The van der Waals surface area contributed by atoms with Gasteiger partial charge in [-0.2, -0.15) is 0 Å². The number of esters is 1. The normalized spacial score (nSPS) is 11.9. The third-order valence-corrected chi connectivity index (χ3v) is 3.62. The molecule has 0 saturated heterocycles. The molecule has 0 aromatic heterocycles. The molecule has 124 valence electrons. The van der Waals surface area contributed by atoms with E-state index in [1.54, 1.807) is 24.3 Å². The van der Waals surface area contributed by atoms with E-state index >= 15 is 0 Å². The van der Waals surface area contributed by atoms with Crippen LogP contribution < -0.4 is 5.32 Å². The number of halogens is 1. The van der Waals surface area contributed by atoms with Gasteiger partial charge >= 0.3 is 5.97 Å².